The fourth-order valence-electron chi connectivity index (χ4n) is 1.39. The van der Waals surface area contributed by atoms with Crippen molar-refractivity contribution >= 4 is 0 Å². The highest BCUT2D eigenvalue weighted by Gasteiger charge is 2.79. The maximum absolute atomic E-state index is 13.4. The summed E-state index contributed by atoms with van der Waals surface area (Å²) in [6.45, 7) is 0. The van der Waals surface area contributed by atoms with Gasteiger partial charge in [0.2, 0.25) is 34.8 Å². The Labute approximate surface area is 107 Å². The number of rotatable bonds is 0. The van der Waals surface area contributed by atoms with Crippen LogP contribution in [-0.4, -0.2) is 18.1 Å². The van der Waals surface area contributed by atoms with Gasteiger partial charge in [0.05, 0.1) is 0 Å². The van der Waals surface area contributed by atoms with E-state index < -0.39 is 52.9 Å². The fraction of sp³-hybridized carbons (Fsp3) is 0.333. The van der Waals surface area contributed by atoms with Gasteiger partial charge in [0, 0.05) is 0 Å². The molecule has 0 bridgehead atoms. The molecule has 1 heterocycles. The van der Waals surface area contributed by atoms with Gasteiger partial charge >= 0.3 is 18.1 Å². The lowest BCUT2D eigenvalue weighted by Gasteiger charge is -2.38. The third kappa shape index (κ3) is 1.87. The number of ether oxygens (including phenoxy) is 2. The van der Waals surface area contributed by atoms with Crippen molar-refractivity contribution in [3.63, 3.8) is 0 Å². The first-order valence-corrected chi connectivity index (χ1v) is 4.71. The van der Waals surface area contributed by atoms with Crippen LogP contribution in [0.2, 0.25) is 0 Å². The van der Waals surface area contributed by atoms with Crippen molar-refractivity contribution in [1.82, 2.24) is 0 Å². The highest BCUT2D eigenvalue weighted by atomic mass is 19.4. The lowest BCUT2D eigenvalue weighted by atomic mass is 10.2. The summed E-state index contributed by atoms with van der Waals surface area (Å²) in [5.41, 5.74) is 0. The van der Waals surface area contributed by atoms with Gasteiger partial charge in [0.1, 0.15) is 0 Å². The molecule has 2 rings (SSSR count). The molecule has 21 heavy (non-hydrogen) atoms. The Morgan fingerprint density at radius 1 is 0.667 bits per heavy atom. The molecule has 0 spiro atoms. The largest absolute Gasteiger partial charge is 0.481 e. The van der Waals surface area contributed by atoms with Gasteiger partial charge < -0.3 is 9.47 Å². The van der Waals surface area contributed by atoms with Gasteiger partial charge in [-0.2, -0.15) is 35.1 Å². The van der Waals surface area contributed by atoms with Crippen molar-refractivity contribution < 1.29 is 53.4 Å². The SMILES string of the molecule is Fc1c(F)c(F)c2c(c1F)OC(F)(F)C(F)(C(F)(F)F)O2. The zero-order valence-electron chi connectivity index (χ0n) is 9.10. The Hall–Kier alpha value is -1.88. The molecule has 118 valence electrons. The van der Waals surface area contributed by atoms with Crippen LogP contribution < -0.4 is 9.47 Å². The maximum atomic E-state index is 13.4. The molecule has 1 aliphatic heterocycles. The zero-order valence-corrected chi connectivity index (χ0v) is 9.10. The molecule has 1 unspecified atom stereocenters. The molecule has 1 aliphatic rings. The number of fused-ring (bicyclic) bond motifs is 1. The van der Waals surface area contributed by atoms with Crippen LogP contribution in [0.1, 0.15) is 0 Å². The fourth-order valence-corrected chi connectivity index (χ4v) is 1.39. The molecule has 0 N–H and O–H groups in total. The second kappa shape index (κ2) is 4.07. The Bertz CT molecular complexity index is 610. The van der Waals surface area contributed by atoms with Gasteiger partial charge in [-0.15, -0.1) is 0 Å². The van der Waals surface area contributed by atoms with Crippen LogP contribution in [-0.2, 0) is 0 Å². The first-order chi connectivity index (χ1) is 9.33. The Morgan fingerprint density at radius 3 is 1.43 bits per heavy atom. The van der Waals surface area contributed by atoms with Gasteiger partial charge in [-0.1, -0.05) is 0 Å². The summed E-state index contributed by atoms with van der Waals surface area (Å²) in [7, 11) is 0. The van der Waals surface area contributed by atoms with E-state index in [1.54, 1.807) is 0 Å². The summed E-state index contributed by atoms with van der Waals surface area (Å²) in [6, 6.07) is 0. The summed E-state index contributed by atoms with van der Waals surface area (Å²) in [5.74, 6) is -21.1. The maximum Gasteiger partial charge on any atom is 0.481 e. The molecule has 12 heteroatoms. The van der Waals surface area contributed by atoms with E-state index in [-0.39, 0.29) is 0 Å². The monoisotopic (exact) mass is 330 g/mol. The van der Waals surface area contributed by atoms with Crippen LogP contribution in [0.4, 0.5) is 43.9 Å². The van der Waals surface area contributed by atoms with Gasteiger partial charge in [-0.05, 0) is 0 Å². The zero-order chi connectivity index (χ0) is 16.4. The lowest BCUT2D eigenvalue weighted by molar-refractivity contribution is -0.428. The van der Waals surface area contributed by atoms with E-state index in [0.717, 1.165) is 0 Å². The van der Waals surface area contributed by atoms with Gasteiger partial charge in [0.15, 0.2) is 0 Å². The van der Waals surface area contributed by atoms with Crippen LogP contribution in [0.5, 0.6) is 11.5 Å². The van der Waals surface area contributed by atoms with Crippen molar-refractivity contribution in [3.05, 3.63) is 23.3 Å². The molecule has 0 aliphatic carbocycles. The summed E-state index contributed by atoms with van der Waals surface area (Å²) in [5, 5.41) is 0. The Balaban J connectivity index is 2.74. The Morgan fingerprint density at radius 2 is 1.05 bits per heavy atom. The van der Waals surface area contributed by atoms with E-state index in [4.69, 9.17) is 0 Å². The van der Waals surface area contributed by atoms with E-state index >= 15 is 0 Å². The van der Waals surface area contributed by atoms with Crippen molar-refractivity contribution in [3.8, 4) is 11.5 Å². The molecule has 0 fully saturated rings. The second-order valence-electron chi connectivity index (χ2n) is 3.73. The number of halogens is 10. The molecule has 0 radical (unpaired) electrons. The third-order valence-corrected chi connectivity index (χ3v) is 2.39. The van der Waals surface area contributed by atoms with E-state index in [2.05, 4.69) is 9.47 Å². The van der Waals surface area contributed by atoms with E-state index in [1.807, 2.05) is 0 Å². The predicted octanol–water partition coefficient (Wildman–Crippen LogP) is 3.84. The third-order valence-electron chi connectivity index (χ3n) is 2.39. The molecule has 0 saturated carbocycles. The normalized spacial score (nSPS) is 24.1. The van der Waals surface area contributed by atoms with Crippen molar-refractivity contribution in [2.24, 2.45) is 0 Å². The summed E-state index contributed by atoms with van der Waals surface area (Å²) in [4.78, 5) is 0. The molecule has 0 saturated heterocycles. The van der Waals surface area contributed by atoms with Crippen LogP contribution in [0, 0.1) is 23.3 Å². The van der Waals surface area contributed by atoms with E-state index in [1.165, 1.54) is 0 Å². The smallest absolute Gasteiger partial charge is 0.435 e. The average molecular weight is 330 g/mol. The highest BCUT2D eigenvalue weighted by Crippen LogP contribution is 2.54. The number of hydrogen-bond acceptors (Lipinski definition) is 2. The van der Waals surface area contributed by atoms with Crippen molar-refractivity contribution in [1.29, 1.82) is 0 Å². The average Bonchev–Trinajstić information content (AvgIpc) is 2.35. The van der Waals surface area contributed by atoms with E-state index in [9.17, 15) is 43.9 Å². The van der Waals surface area contributed by atoms with Crippen molar-refractivity contribution in [2.45, 2.75) is 18.1 Å². The molecule has 2 nitrogen and oxygen atoms in total. The van der Waals surface area contributed by atoms with Gasteiger partial charge in [-0.3, -0.25) is 0 Å². The summed E-state index contributed by atoms with van der Waals surface area (Å²) >= 11 is 0. The minimum absolute atomic E-state index is 2.23. The van der Waals surface area contributed by atoms with Crippen LogP contribution in [0.25, 0.3) is 0 Å². The number of alkyl halides is 6. The molecular formula is C9F10O2. The molecule has 1 atom stereocenters. The van der Waals surface area contributed by atoms with Crippen LogP contribution >= 0.6 is 0 Å². The summed E-state index contributed by atoms with van der Waals surface area (Å²) in [6.07, 6.45) is -12.3. The van der Waals surface area contributed by atoms with Crippen molar-refractivity contribution in [2.75, 3.05) is 0 Å². The molecule has 1 aromatic rings. The van der Waals surface area contributed by atoms with Crippen LogP contribution in [0.15, 0.2) is 0 Å². The second-order valence-corrected chi connectivity index (χ2v) is 3.73. The number of benzene rings is 1. The molecule has 0 aromatic heterocycles. The highest BCUT2D eigenvalue weighted by molar-refractivity contribution is 5.46. The molecule has 0 amide bonds. The minimum atomic E-state index is -6.46. The van der Waals surface area contributed by atoms with Crippen LogP contribution in [0.3, 0.4) is 0 Å². The minimum Gasteiger partial charge on any atom is -0.435 e. The van der Waals surface area contributed by atoms with Gasteiger partial charge in [0.25, 0.3) is 0 Å². The Kier molecular flexibility index (Phi) is 3.01. The first kappa shape index (κ1) is 15.5. The quantitative estimate of drug-likeness (QED) is 0.409. The molecular weight excluding hydrogens is 330 g/mol. The molecule has 1 aromatic carbocycles. The predicted molar refractivity (Wildman–Crippen MR) is 42.4 cm³/mol. The number of hydrogen-bond donors (Lipinski definition) is 0. The topological polar surface area (TPSA) is 18.5 Å². The van der Waals surface area contributed by atoms with Gasteiger partial charge in [-0.25, -0.2) is 8.78 Å². The summed E-state index contributed by atoms with van der Waals surface area (Å²) < 4.78 is 134. The lowest BCUT2D eigenvalue weighted by Crippen LogP contribution is -2.64. The first-order valence-electron chi connectivity index (χ1n) is 4.71. The van der Waals surface area contributed by atoms with E-state index in [0.29, 0.717) is 0 Å². The standard InChI is InChI=1S/C9F10O2/c10-1-2(11)4(13)6-5(3(1)12)20-7(14,8(15,16)17)9(18,19)21-6.